The number of fused-ring (bicyclic) bond motifs is 1. The fraction of sp³-hybridized carbons (Fsp3) is 0.357. The van der Waals surface area contributed by atoms with Crippen molar-refractivity contribution in [1.82, 2.24) is 9.55 Å². The van der Waals surface area contributed by atoms with Gasteiger partial charge in [-0.2, -0.15) is 4.57 Å². The van der Waals surface area contributed by atoms with Crippen molar-refractivity contribution in [3.8, 4) is 16.9 Å². The van der Waals surface area contributed by atoms with Crippen molar-refractivity contribution >= 4 is 11.0 Å². The van der Waals surface area contributed by atoms with Crippen molar-refractivity contribution in [1.29, 1.82) is 0 Å². The molecule has 160 valence electrons. The van der Waals surface area contributed by atoms with Crippen LogP contribution in [0.5, 0.6) is 0 Å². The summed E-state index contributed by atoms with van der Waals surface area (Å²) in [7, 11) is 2.14. The first-order valence-electron chi connectivity index (χ1n) is 11.3. The number of hydrogen-bond acceptors (Lipinski definition) is 1. The van der Waals surface area contributed by atoms with E-state index in [0.717, 1.165) is 11.0 Å². The Morgan fingerprint density at radius 2 is 1.55 bits per heavy atom. The Morgan fingerprint density at radius 1 is 0.903 bits per heavy atom. The molecule has 2 heterocycles. The molecule has 0 N–H and O–H groups in total. The topological polar surface area (TPSA) is 21.7 Å². The Bertz CT molecular complexity index is 1250. The summed E-state index contributed by atoms with van der Waals surface area (Å²) in [5.41, 5.74) is 12.6. The van der Waals surface area contributed by atoms with Crippen molar-refractivity contribution in [3.05, 3.63) is 76.7 Å². The Labute approximate surface area is 186 Å². The SMILES string of the molecule is Cc1cc(C)c(C)c(-c2cc3ncn(-c4c(C(C)C)cccc4C(C)C)c3c[n+]2C)c1. The van der Waals surface area contributed by atoms with E-state index in [-0.39, 0.29) is 0 Å². The molecular weight excluding hydrogens is 378 g/mol. The molecule has 2 aromatic carbocycles. The van der Waals surface area contributed by atoms with Crippen molar-refractivity contribution in [3.63, 3.8) is 0 Å². The van der Waals surface area contributed by atoms with E-state index in [1.54, 1.807) is 0 Å². The van der Waals surface area contributed by atoms with Gasteiger partial charge in [-0.1, -0.05) is 57.5 Å². The van der Waals surface area contributed by atoms with Gasteiger partial charge in [-0.15, -0.1) is 0 Å². The molecule has 0 saturated heterocycles. The van der Waals surface area contributed by atoms with Crippen molar-refractivity contribution in [2.75, 3.05) is 0 Å². The molecule has 4 rings (SSSR count). The van der Waals surface area contributed by atoms with Crippen LogP contribution in [0.4, 0.5) is 0 Å². The molecule has 2 aromatic heterocycles. The summed E-state index contributed by atoms with van der Waals surface area (Å²) in [5.74, 6) is 0.884. The second-order valence-electron chi connectivity index (χ2n) is 9.50. The summed E-state index contributed by atoms with van der Waals surface area (Å²) in [6.45, 7) is 15.6. The highest BCUT2D eigenvalue weighted by atomic mass is 15.1. The van der Waals surface area contributed by atoms with Gasteiger partial charge in [0.2, 0.25) is 5.69 Å². The highest BCUT2D eigenvalue weighted by molar-refractivity contribution is 5.81. The molecule has 0 amide bonds. The largest absolute Gasteiger partial charge is 0.293 e. The van der Waals surface area contributed by atoms with E-state index in [1.165, 1.54) is 44.8 Å². The molecule has 0 saturated carbocycles. The monoisotopic (exact) mass is 412 g/mol. The summed E-state index contributed by atoms with van der Waals surface area (Å²) in [4.78, 5) is 4.85. The lowest BCUT2D eigenvalue weighted by Gasteiger charge is -2.20. The van der Waals surface area contributed by atoms with Crippen molar-refractivity contribution in [2.24, 2.45) is 7.05 Å². The molecule has 0 spiro atoms. The highest BCUT2D eigenvalue weighted by Gasteiger charge is 2.21. The zero-order chi connectivity index (χ0) is 22.4. The number of para-hydroxylation sites is 1. The van der Waals surface area contributed by atoms with Gasteiger partial charge in [0, 0.05) is 11.6 Å². The third kappa shape index (κ3) is 3.67. The molecule has 0 atom stereocenters. The maximum atomic E-state index is 4.85. The summed E-state index contributed by atoms with van der Waals surface area (Å²) in [6, 6.07) is 13.5. The number of benzene rings is 2. The Hall–Kier alpha value is -2.94. The lowest BCUT2D eigenvalue weighted by molar-refractivity contribution is -0.659. The quantitative estimate of drug-likeness (QED) is 0.342. The second-order valence-corrected chi connectivity index (χ2v) is 9.50. The average Bonchev–Trinajstić information content (AvgIpc) is 3.11. The molecule has 0 unspecified atom stereocenters. The molecule has 31 heavy (non-hydrogen) atoms. The first-order valence-corrected chi connectivity index (χ1v) is 11.3. The standard InChI is InChI=1S/C28H34N3/c1-17(2)22-10-9-11-23(18(3)4)28(22)31-16-29-25-14-26(30(8)15-27(25)31)24-13-19(5)12-20(6)21(24)7/h9-18H,1-8H3/q+1. The zero-order valence-electron chi connectivity index (χ0n) is 20.1. The Morgan fingerprint density at radius 3 is 2.16 bits per heavy atom. The van der Waals surface area contributed by atoms with Crippen molar-refractivity contribution < 1.29 is 4.57 Å². The fourth-order valence-corrected chi connectivity index (χ4v) is 4.64. The smallest absolute Gasteiger partial charge is 0.214 e. The molecule has 3 nitrogen and oxygen atoms in total. The van der Waals surface area contributed by atoms with Gasteiger partial charge in [0.05, 0.1) is 5.69 Å². The van der Waals surface area contributed by atoms with Crippen LogP contribution in [0.3, 0.4) is 0 Å². The van der Waals surface area contributed by atoms with E-state index < -0.39 is 0 Å². The summed E-state index contributed by atoms with van der Waals surface area (Å²) < 4.78 is 4.53. The maximum absolute atomic E-state index is 4.85. The molecule has 0 aliphatic rings. The molecular formula is C28H34N3+. The minimum Gasteiger partial charge on any atom is -0.293 e. The van der Waals surface area contributed by atoms with Crippen LogP contribution in [0.15, 0.2) is 48.9 Å². The summed E-state index contributed by atoms with van der Waals surface area (Å²) >= 11 is 0. The molecule has 0 aliphatic carbocycles. The number of hydrogen-bond donors (Lipinski definition) is 0. The second kappa shape index (κ2) is 7.96. The lowest BCUT2D eigenvalue weighted by Crippen LogP contribution is -2.31. The summed E-state index contributed by atoms with van der Waals surface area (Å²) in [5, 5.41) is 0. The van der Waals surface area contributed by atoms with Crippen LogP contribution in [-0.2, 0) is 7.05 Å². The normalized spacial score (nSPS) is 11.8. The van der Waals surface area contributed by atoms with Crippen LogP contribution in [0.25, 0.3) is 28.0 Å². The lowest BCUT2D eigenvalue weighted by atomic mass is 9.92. The van der Waals surface area contributed by atoms with Crippen LogP contribution in [0.1, 0.15) is 67.3 Å². The molecule has 0 aliphatic heterocycles. The van der Waals surface area contributed by atoms with Crippen LogP contribution in [-0.4, -0.2) is 9.55 Å². The van der Waals surface area contributed by atoms with Gasteiger partial charge in [-0.05, 0) is 60.9 Å². The fourth-order valence-electron chi connectivity index (χ4n) is 4.64. The number of rotatable bonds is 4. The van der Waals surface area contributed by atoms with Gasteiger partial charge in [0.1, 0.15) is 24.4 Å². The Balaban J connectivity index is 1.98. The average molecular weight is 413 g/mol. The first kappa shape index (κ1) is 21.3. The highest BCUT2D eigenvalue weighted by Crippen LogP contribution is 2.33. The minimum absolute atomic E-state index is 0.442. The van der Waals surface area contributed by atoms with E-state index in [2.05, 4.69) is 107 Å². The summed E-state index contributed by atoms with van der Waals surface area (Å²) in [6.07, 6.45) is 4.23. The van der Waals surface area contributed by atoms with Crippen LogP contribution in [0.2, 0.25) is 0 Å². The van der Waals surface area contributed by atoms with Gasteiger partial charge in [-0.25, -0.2) is 4.98 Å². The first-order chi connectivity index (χ1) is 14.7. The number of imidazole rings is 1. The zero-order valence-corrected chi connectivity index (χ0v) is 20.1. The van der Waals surface area contributed by atoms with Crippen LogP contribution in [0, 0.1) is 20.8 Å². The van der Waals surface area contributed by atoms with E-state index in [1.807, 2.05) is 6.33 Å². The van der Waals surface area contributed by atoms with Gasteiger partial charge in [-0.3, -0.25) is 4.57 Å². The number of aromatic nitrogens is 3. The van der Waals surface area contributed by atoms with Gasteiger partial charge >= 0.3 is 0 Å². The molecule has 0 radical (unpaired) electrons. The Kier molecular flexibility index (Phi) is 5.47. The predicted molar refractivity (Wildman–Crippen MR) is 130 cm³/mol. The van der Waals surface area contributed by atoms with E-state index in [9.17, 15) is 0 Å². The predicted octanol–water partition coefficient (Wildman–Crippen LogP) is 6.69. The van der Waals surface area contributed by atoms with E-state index in [0.29, 0.717) is 11.8 Å². The molecule has 4 aromatic rings. The van der Waals surface area contributed by atoms with E-state index in [4.69, 9.17) is 4.98 Å². The van der Waals surface area contributed by atoms with Gasteiger partial charge in [0.25, 0.3) is 0 Å². The molecule has 0 bridgehead atoms. The number of pyridine rings is 1. The third-order valence-electron chi connectivity index (χ3n) is 6.47. The van der Waals surface area contributed by atoms with Gasteiger partial charge < -0.3 is 0 Å². The third-order valence-corrected chi connectivity index (χ3v) is 6.47. The van der Waals surface area contributed by atoms with Crippen LogP contribution >= 0.6 is 0 Å². The maximum Gasteiger partial charge on any atom is 0.214 e. The number of aryl methyl sites for hydroxylation is 3. The van der Waals surface area contributed by atoms with Crippen LogP contribution < -0.4 is 4.57 Å². The molecule has 3 heteroatoms. The van der Waals surface area contributed by atoms with Crippen molar-refractivity contribution in [2.45, 2.75) is 60.3 Å². The number of nitrogens with zero attached hydrogens (tertiary/aromatic N) is 3. The van der Waals surface area contributed by atoms with E-state index >= 15 is 0 Å². The van der Waals surface area contributed by atoms with Gasteiger partial charge in [0.15, 0.2) is 6.20 Å². The molecule has 0 fully saturated rings. The minimum atomic E-state index is 0.442.